The largest absolute Gasteiger partial charge is 0.289 e. The molecule has 0 fully saturated rings. The molecule has 0 saturated carbocycles. The first kappa shape index (κ1) is 21.3. The second-order valence-corrected chi connectivity index (χ2v) is 8.16. The maximum atomic E-state index is 12.7. The van der Waals surface area contributed by atoms with E-state index >= 15 is 0 Å². The number of hydrogen-bond acceptors (Lipinski definition) is 4. The summed E-state index contributed by atoms with van der Waals surface area (Å²) in [6.07, 6.45) is 0. The minimum absolute atomic E-state index is 0.330. The van der Waals surface area contributed by atoms with E-state index in [0.29, 0.717) is 11.4 Å². The highest BCUT2D eigenvalue weighted by atomic mass is 16.2. The Hall–Kier alpha value is -4.52. The van der Waals surface area contributed by atoms with Gasteiger partial charge in [0.1, 0.15) is 5.69 Å². The number of nitrogens with zero attached hydrogens (tertiary/aromatic N) is 4. The van der Waals surface area contributed by atoms with Crippen molar-refractivity contribution in [3.63, 3.8) is 0 Å². The third kappa shape index (κ3) is 3.99. The zero-order valence-corrected chi connectivity index (χ0v) is 19.2. The summed E-state index contributed by atoms with van der Waals surface area (Å²) < 4.78 is 1.89. The molecule has 0 atom stereocenters. The summed E-state index contributed by atoms with van der Waals surface area (Å²) in [5, 5.41) is 18.4. The number of rotatable bonds is 5. The van der Waals surface area contributed by atoms with Crippen molar-refractivity contribution in [2.75, 3.05) is 0 Å². The minimum Gasteiger partial charge on any atom is -0.272 e. The standard InChI is InChI=1S/C27H24N6O/c1-17(21-14-13-20-9-7-8-10-22(20)15-21)28-31-27(34)25-16-24(29-30-25)26-18(2)32-33(19(26)3)23-11-5-4-6-12-23/h4-16H,1-3H3,(H,29,30)(H,31,34). The van der Waals surface area contributed by atoms with Gasteiger partial charge in [0, 0.05) is 5.56 Å². The van der Waals surface area contributed by atoms with Crippen molar-refractivity contribution in [1.29, 1.82) is 0 Å². The van der Waals surface area contributed by atoms with E-state index in [1.807, 2.05) is 80.1 Å². The number of aromatic amines is 1. The van der Waals surface area contributed by atoms with Crippen molar-refractivity contribution >= 4 is 22.4 Å². The van der Waals surface area contributed by atoms with E-state index in [1.54, 1.807) is 6.07 Å². The maximum Gasteiger partial charge on any atom is 0.289 e. The maximum absolute atomic E-state index is 12.7. The average Bonchev–Trinajstić information content (AvgIpc) is 3.46. The Morgan fingerprint density at radius 1 is 0.941 bits per heavy atom. The molecule has 168 valence electrons. The van der Waals surface area contributed by atoms with Gasteiger partial charge in [-0.15, -0.1) is 0 Å². The van der Waals surface area contributed by atoms with Gasteiger partial charge in [-0.05, 0) is 61.4 Å². The van der Waals surface area contributed by atoms with Crippen LogP contribution in [0, 0.1) is 13.8 Å². The van der Waals surface area contributed by atoms with Crippen LogP contribution in [0.1, 0.15) is 34.4 Å². The summed E-state index contributed by atoms with van der Waals surface area (Å²) in [6.45, 7) is 5.80. The molecule has 3 aromatic carbocycles. The van der Waals surface area contributed by atoms with Crippen molar-refractivity contribution in [3.8, 4) is 16.9 Å². The number of carbonyl (C=O) groups excluding carboxylic acids is 1. The summed E-state index contributed by atoms with van der Waals surface area (Å²) in [6, 6.07) is 25.9. The fourth-order valence-electron chi connectivity index (χ4n) is 4.07. The summed E-state index contributed by atoms with van der Waals surface area (Å²) in [5.41, 5.74) is 8.95. The molecule has 0 aliphatic carbocycles. The fourth-order valence-corrected chi connectivity index (χ4v) is 4.07. The van der Waals surface area contributed by atoms with Gasteiger partial charge in [0.25, 0.3) is 5.91 Å². The Morgan fingerprint density at radius 3 is 2.47 bits per heavy atom. The number of H-pyrrole nitrogens is 1. The van der Waals surface area contributed by atoms with E-state index in [-0.39, 0.29) is 5.91 Å². The second-order valence-electron chi connectivity index (χ2n) is 8.16. The van der Waals surface area contributed by atoms with E-state index in [0.717, 1.165) is 44.7 Å². The lowest BCUT2D eigenvalue weighted by Gasteiger charge is -2.04. The normalized spacial score (nSPS) is 11.7. The Bertz CT molecular complexity index is 1530. The minimum atomic E-state index is -0.357. The third-order valence-corrected chi connectivity index (χ3v) is 5.86. The number of fused-ring (bicyclic) bond motifs is 1. The lowest BCUT2D eigenvalue weighted by atomic mass is 10.0. The van der Waals surface area contributed by atoms with Crippen LogP contribution >= 0.6 is 0 Å². The van der Waals surface area contributed by atoms with Gasteiger partial charge in [-0.1, -0.05) is 54.6 Å². The van der Waals surface area contributed by atoms with Crippen LogP contribution < -0.4 is 5.43 Å². The number of nitrogens with one attached hydrogen (secondary N) is 2. The van der Waals surface area contributed by atoms with Crippen molar-refractivity contribution in [2.24, 2.45) is 5.10 Å². The van der Waals surface area contributed by atoms with E-state index < -0.39 is 0 Å². The van der Waals surface area contributed by atoms with Crippen LogP contribution in [-0.4, -0.2) is 31.6 Å². The molecule has 7 heteroatoms. The number of aromatic nitrogens is 4. The average molecular weight is 449 g/mol. The SMILES string of the molecule is CC(=NNC(=O)c1cc(-c2c(C)nn(-c3ccccc3)c2C)n[nH]1)c1ccc2ccccc2c1. The van der Waals surface area contributed by atoms with Crippen LogP contribution in [0.4, 0.5) is 0 Å². The van der Waals surface area contributed by atoms with Gasteiger partial charge in [-0.2, -0.15) is 15.3 Å². The Morgan fingerprint density at radius 2 is 1.68 bits per heavy atom. The molecule has 5 aromatic rings. The third-order valence-electron chi connectivity index (χ3n) is 5.86. The number of carbonyl (C=O) groups is 1. The Kier molecular flexibility index (Phi) is 5.51. The Balaban J connectivity index is 1.35. The molecular weight excluding hydrogens is 424 g/mol. The highest BCUT2D eigenvalue weighted by molar-refractivity contribution is 6.03. The first-order valence-electron chi connectivity index (χ1n) is 11.0. The number of aryl methyl sites for hydroxylation is 1. The van der Waals surface area contributed by atoms with E-state index in [2.05, 4.69) is 44.0 Å². The Labute approximate surface area is 197 Å². The number of para-hydroxylation sites is 1. The van der Waals surface area contributed by atoms with Crippen LogP contribution in [0.15, 0.2) is 84.0 Å². The molecule has 0 unspecified atom stereocenters. The number of benzene rings is 3. The van der Waals surface area contributed by atoms with Crippen molar-refractivity contribution in [1.82, 2.24) is 25.4 Å². The molecule has 0 spiro atoms. The molecule has 0 saturated heterocycles. The van der Waals surface area contributed by atoms with Gasteiger partial charge < -0.3 is 0 Å². The fraction of sp³-hybridized carbons (Fsp3) is 0.111. The molecule has 0 bridgehead atoms. The molecule has 0 aliphatic heterocycles. The van der Waals surface area contributed by atoms with E-state index in [1.165, 1.54) is 0 Å². The first-order chi connectivity index (χ1) is 16.5. The zero-order chi connectivity index (χ0) is 23.7. The van der Waals surface area contributed by atoms with Crippen LogP contribution in [0.25, 0.3) is 27.7 Å². The highest BCUT2D eigenvalue weighted by Crippen LogP contribution is 2.27. The predicted molar refractivity (Wildman–Crippen MR) is 134 cm³/mol. The van der Waals surface area contributed by atoms with Crippen molar-refractivity contribution < 1.29 is 4.79 Å². The monoisotopic (exact) mass is 448 g/mol. The molecule has 2 aromatic heterocycles. The lowest BCUT2D eigenvalue weighted by Crippen LogP contribution is -2.19. The highest BCUT2D eigenvalue weighted by Gasteiger charge is 2.19. The molecule has 0 aliphatic rings. The lowest BCUT2D eigenvalue weighted by molar-refractivity contribution is 0.0950. The molecule has 2 heterocycles. The number of amides is 1. The van der Waals surface area contributed by atoms with Gasteiger partial charge in [0.2, 0.25) is 0 Å². The van der Waals surface area contributed by atoms with Gasteiger partial charge in [-0.3, -0.25) is 9.89 Å². The number of hydrazone groups is 1. The summed E-state index contributed by atoms with van der Waals surface area (Å²) in [5.74, 6) is -0.357. The van der Waals surface area contributed by atoms with Crippen molar-refractivity contribution in [2.45, 2.75) is 20.8 Å². The molecule has 34 heavy (non-hydrogen) atoms. The predicted octanol–water partition coefficient (Wildman–Crippen LogP) is 5.19. The van der Waals surface area contributed by atoms with Crippen molar-refractivity contribution in [3.05, 3.63) is 102 Å². The molecule has 1 amide bonds. The molecule has 7 nitrogen and oxygen atoms in total. The van der Waals surface area contributed by atoms with Gasteiger partial charge >= 0.3 is 0 Å². The second kappa shape index (κ2) is 8.78. The van der Waals surface area contributed by atoms with Crippen LogP contribution in [-0.2, 0) is 0 Å². The zero-order valence-electron chi connectivity index (χ0n) is 19.2. The summed E-state index contributed by atoms with van der Waals surface area (Å²) in [4.78, 5) is 12.7. The summed E-state index contributed by atoms with van der Waals surface area (Å²) in [7, 11) is 0. The van der Waals surface area contributed by atoms with Gasteiger partial charge in [0.05, 0.1) is 28.5 Å². The molecular formula is C27H24N6O. The van der Waals surface area contributed by atoms with Crippen LogP contribution in [0.3, 0.4) is 0 Å². The first-order valence-corrected chi connectivity index (χ1v) is 11.0. The smallest absolute Gasteiger partial charge is 0.272 e. The molecule has 2 N–H and O–H groups in total. The van der Waals surface area contributed by atoms with Crippen LogP contribution in [0.5, 0.6) is 0 Å². The summed E-state index contributed by atoms with van der Waals surface area (Å²) >= 11 is 0. The quantitative estimate of drug-likeness (QED) is 0.287. The van der Waals surface area contributed by atoms with Gasteiger partial charge in [0.15, 0.2) is 0 Å². The van der Waals surface area contributed by atoms with Crippen LogP contribution in [0.2, 0.25) is 0 Å². The van der Waals surface area contributed by atoms with Gasteiger partial charge in [-0.25, -0.2) is 10.1 Å². The molecule has 5 rings (SSSR count). The number of hydrogen-bond donors (Lipinski definition) is 2. The topological polar surface area (TPSA) is 88.0 Å². The van der Waals surface area contributed by atoms with E-state index in [9.17, 15) is 4.79 Å². The molecule has 0 radical (unpaired) electrons. The van der Waals surface area contributed by atoms with E-state index in [4.69, 9.17) is 0 Å².